The van der Waals surface area contributed by atoms with Crippen molar-refractivity contribution in [3.63, 3.8) is 0 Å². The lowest BCUT2D eigenvalue weighted by molar-refractivity contribution is -0.161. The predicted molar refractivity (Wildman–Crippen MR) is 106 cm³/mol. The van der Waals surface area contributed by atoms with Gasteiger partial charge < -0.3 is 14.4 Å². The highest BCUT2D eigenvalue weighted by molar-refractivity contribution is 5.92. The van der Waals surface area contributed by atoms with Crippen molar-refractivity contribution >= 4 is 17.8 Å². The van der Waals surface area contributed by atoms with Crippen LogP contribution in [0.5, 0.6) is 5.75 Å². The van der Waals surface area contributed by atoms with Gasteiger partial charge in [0.25, 0.3) is 0 Å². The number of hydrogen-bond acceptors (Lipinski definition) is 6. The number of para-hydroxylation sites is 1. The Balaban J connectivity index is 1.53. The van der Waals surface area contributed by atoms with Gasteiger partial charge in [-0.3, -0.25) is 14.4 Å². The Hall–Kier alpha value is -3.84. The number of nitrogens with zero attached hydrogens (tertiary/aromatic N) is 4. The summed E-state index contributed by atoms with van der Waals surface area (Å²) in [6.07, 6.45) is 0.201. The first kappa shape index (κ1) is 20.9. The van der Waals surface area contributed by atoms with Crippen LogP contribution in [0.15, 0.2) is 65.8 Å². The average molecular weight is 408 g/mol. The zero-order valence-corrected chi connectivity index (χ0v) is 16.1. The summed E-state index contributed by atoms with van der Waals surface area (Å²) >= 11 is 0. The summed E-state index contributed by atoms with van der Waals surface area (Å²) in [5, 5.41) is 3.49. The van der Waals surface area contributed by atoms with Crippen LogP contribution in [0.3, 0.4) is 0 Å². The molecular formula is C21H20N4O5. The maximum absolute atomic E-state index is 12.2. The average Bonchev–Trinajstić information content (AvgIpc) is 2.77. The second kappa shape index (κ2) is 10.1. The van der Waals surface area contributed by atoms with Gasteiger partial charge in [-0.15, -0.1) is 0 Å². The Morgan fingerprint density at radius 2 is 1.70 bits per heavy atom. The molecule has 0 aromatic heterocycles. The number of carbonyl (C=O) groups excluding carboxylic acids is 3. The van der Waals surface area contributed by atoms with E-state index in [1.807, 2.05) is 30.3 Å². The van der Waals surface area contributed by atoms with E-state index >= 15 is 0 Å². The van der Waals surface area contributed by atoms with Crippen LogP contribution in [0.25, 0.3) is 10.4 Å². The van der Waals surface area contributed by atoms with Crippen LogP contribution < -0.4 is 4.74 Å². The van der Waals surface area contributed by atoms with E-state index in [0.717, 1.165) is 5.56 Å². The minimum atomic E-state index is -0.943. The van der Waals surface area contributed by atoms with Crippen LogP contribution in [0.2, 0.25) is 0 Å². The number of rotatable bonds is 9. The third-order valence-corrected chi connectivity index (χ3v) is 4.64. The number of likely N-dealkylation sites (tertiary alicyclic amines) is 1. The van der Waals surface area contributed by atoms with Gasteiger partial charge in [-0.1, -0.05) is 53.6 Å². The minimum absolute atomic E-state index is 0.000146. The molecule has 9 heteroatoms. The molecule has 0 aliphatic carbocycles. The Kier molecular flexibility index (Phi) is 7.02. The van der Waals surface area contributed by atoms with E-state index in [0.29, 0.717) is 5.75 Å². The third kappa shape index (κ3) is 5.36. The molecule has 0 saturated carbocycles. The summed E-state index contributed by atoms with van der Waals surface area (Å²) in [7, 11) is 0. The maximum Gasteiger partial charge on any atom is 0.325 e. The van der Waals surface area contributed by atoms with E-state index in [1.54, 1.807) is 30.3 Å². The van der Waals surface area contributed by atoms with Crippen LogP contribution in [0, 0.1) is 0 Å². The van der Waals surface area contributed by atoms with Crippen molar-refractivity contribution in [3.05, 3.63) is 76.7 Å². The molecule has 1 aliphatic heterocycles. The summed E-state index contributed by atoms with van der Waals surface area (Å²) in [5.41, 5.74) is 9.52. The summed E-state index contributed by atoms with van der Waals surface area (Å²) in [6, 6.07) is 16.2. The number of ether oxygens (including phenoxy) is 2. The van der Waals surface area contributed by atoms with E-state index < -0.39 is 29.9 Å². The summed E-state index contributed by atoms with van der Waals surface area (Å²) in [5.74, 6) is -1.11. The maximum atomic E-state index is 12.2. The van der Waals surface area contributed by atoms with Crippen LogP contribution in [-0.2, 0) is 25.7 Å². The molecule has 0 N–H and O–H groups in total. The van der Waals surface area contributed by atoms with Gasteiger partial charge in [0.1, 0.15) is 24.9 Å². The summed E-state index contributed by atoms with van der Waals surface area (Å²) in [6.45, 7) is -0.183. The Morgan fingerprint density at radius 3 is 2.37 bits per heavy atom. The van der Waals surface area contributed by atoms with E-state index in [9.17, 15) is 14.4 Å². The van der Waals surface area contributed by atoms with Crippen LogP contribution in [0.4, 0.5) is 0 Å². The number of benzene rings is 2. The first-order valence-corrected chi connectivity index (χ1v) is 9.38. The molecule has 3 rings (SSSR count). The molecule has 1 fully saturated rings. The number of azide groups is 1. The fourth-order valence-corrected chi connectivity index (χ4v) is 3.14. The van der Waals surface area contributed by atoms with Gasteiger partial charge in [0.05, 0.1) is 6.04 Å². The standard InChI is InChI=1S/C21H20N4O5/c22-24-23-20-17(11-12-18(26)30-16-9-5-2-6-10-16)25(21(20)28)13-19(27)29-14-15-7-3-1-4-8-15/h1-10,17,20H,11-14H2/t17-,20-/m1/s1. The Morgan fingerprint density at radius 1 is 1.03 bits per heavy atom. The van der Waals surface area contributed by atoms with E-state index in [1.165, 1.54) is 4.90 Å². The lowest BCUT2D eigenvalue weighted by Crippen LogP contribution is -2.65. The number of β-lactam (4-membered cyclic amide) rings is 1. The lowest BCUT2D eigenvalue weighted by Gasteiger charge is -2.44. The van der Waals surface area contributed by atoms with Gasteiger partial charge in [0, 0.05) is 11.3 Å². The molecule has 0 unspecified atom stereocenters. The van der Waals surface area contributed by atoms with Crippen molar-refractivity contribution in [2.75, 3.05) is 6.54 Å². The fraction of sp³-hybridized carbons (Fsp3) is 0.286. The predicted octanol–water partition coefficient (Wildman–Crippen LogP) is 3.01. The zero-order chi connectivity index (χ0) is 21.3. The van der Waals surface area contributed by atoms with Gasteiger partial charge in [-0.05, 0) is 29.6 Å². The fourth-order valence-electron chi connectivity index (χ4n) is 3.14. The van der Waals surface area contributed by atoms with Crippen molar-refractivity contribution in [3.8, 4) is 5.75 Å². The highest BCUT2D eigenvalue weighted by Crippen LogP contribution is 2.27. The largest absolute Gasteiger partial charge is 0.459 e. The first-order chi connectivity index (χ1) is 14.6. The van der Waals surface area contributed by atoms with Crippen molar-refractivity contribution in [2.45, 2.75) is 31.5 Å². The smallest absolute Gasteiger partial charge is 0.325 e. The first-order valence-electron chi connectivity index (χ1n) is 9.38. The third-order valence-electron chi connectivity index (χ3n) is 4.64. The van der Waals surface area contributed by atoms with Crippen molar-refractivity contribution < 1.29 is 23.9 Å². The van der Waals surface area contributed by atoms with Gasteiger partial charge >= 0.3 is 11.9 Å². The van der Waals surface area contributed by atoms with Crippen LogP contribution in [0.1, 0.15) is 18.4 Å². The number of carbonyl (C=O) groups is 3. The van der Waals surface area contributed by atoms with Crippen molar-refractivity contribution in [1.82, 2.24) is 4.90 Å². The Labute approximate surface area is 172 Å². The SMILES string of the molecule is [N-]=[N+]=N[C@H]1C(=O)N(CC(=O)OCc2ccccc2)[C@@H]1CCC(=O)Oc1ccccc1. The molecule has 1 heterocycles. The minimum Gasteiger partial charge on any atom is -0.459 e. The highest BCUT2D eigenvalue weighted by atomic mass is 16.5. The van der Waals surface area contributed by atoms with Gasteiger partial charge in [0.15, 0.2) is 0 Å². The van der Waals surface area contributed by atoms with Gasteiger partial charge in [-0.2, -0.15) is 0 Å². The molecule has 1 amide bonds. The normalized spacial score (nSPS) is 17.5. The molecule has 1 saturated heterocycles. The molecule has 9 nitrogen and oxygen atoms in total. The van der Waals surface area contributed by atoms with E-state index in [4.69, 9.17) is 15.0 Å². The molecule has 2 aromatic carbocycles. The van der Waals surface area contributed by atoms with Crippen molar-refractivity contribution in [2.24, 2.45) is 5.11 Å². The summed E-state index contributed by atoms with van der Waals surface area (Å²) < 4.78 is 10.4. The molecule has 2 atom stereocenters. The van der Waals surface area contributed by atoms with Crippen LogP contribution >= 0.6 is 0 Å². The molecular weight excluding hydrogens is 388 g/mol. The molecule has 0 spiro atoms. The van der Waals surface area contributed by atoms with Crippen LogP contribution in [-0.4, -0.2) is 41.4 Å². The molecule has 154 valence electrons. The molecule has 30 heavy (non-hydrogen) atoms. The molecule has 0 radical (unpaired) electrons. The quantitative estimate of drug-likeness (QED) is 0.158. The number of esters is 2. The van der Waals surface area contributed by atoms with E-state index in [-0.39, 0.29) is 26.0 Å². The van der Waals surface area contributed by atoms with Crippen molar-refractivity contribution in [1.29, 1.82) is 0 Å². The van der Waals surface area contributed by atoms with E-state index in [2.05, 4.69) is 10.0 Å². The second-order valence-corrected chi connectivity index (χ2v) is 6.66. The monoisotopic (exact) mass is 408 g/mol. The number of hydrogen-bond donors (Lipinski definition) is 0. The molecule has 0 bridgehead atoms. The second-order valence-electron chi connectivity index (χ2n) is 6.66. The topological polar surface area (TPSA) is 122 Å². The molecule has 1 aliphatic rings. The molecule has 2 aromatic rings. The highest BCUT2D eigenvalue weighted by Gasteiger charge is 2.47. The van der Waals surface area contributed by atoms with Gasteiger partial charge in [-0.25, -0.2) is 0 Å². The number of amides is 1. The zero-order valence-electron chi connectivity index (χ0n) is 16.1. The lowest BCUT2D eigenvalue weighted by atomic mass is 9.91. The Bertz CT molecular complexity index is 944. The summed E-state index contributed by atoms with van der Waals surface area (Å²) in [4.78, 5) is 40.4. The van der Waals surface area contributed by atoms with Gasteiger partial charge in [0.2, 0.25) is 5.91 Å².